The van der Waals surface area contributed by atoms with Gasteiger partial charge in [0.15, 0.2) is 5.78 Å². The second-order valence-corrected chi connectivity index (χ2v) is 10.1. The minimum Gasteiger partial charge on any atom is -0.489 e. The first-order chi connectivity index (χ1) is 17.7. The Kier molecular flexibility index (Phi) is 7.07. The van der Waals surface area contributed by atoms with Gasteiger partial charge >= 0.3 is 6.18 Å². The molecule has 0 unspecified atom stereocenters. The molecule has 6 nitrogen and oxygen atoms in total. The number of hydrogen-bond acceptors (Lipinski definition) is 5. The molecule has 5 rings (SSSR count). The number of nitrogens with zero attached hydrogens (tertiary/aromatic N) is 2. The smallest absolute Gasteiger partial charge is 0.391 e. The minimum absolute atomic E-state index is 0.0773. The summed E-state index contributed by atoms with van der Waals surface area (Å²) < 4.78 is 44.7. The van der Waals surface area contributed by atoms with Gasteiger partial charge in [-0.25, -0.2) is 0 Å². The van der Waals surface area contributed by atoms with Gasteiger partial charge in [0.2, 0.25) is 0 Å². The van der Waals surface area contributed by atoms with Crippen molar-refractivity contribution in [3.63, 3.8) is 0 Å². The molecule has 2 heterocycles. The Morgan fingerprint density at radius 1 is 0.919 bits per heavy atom. The van der Waals surface area contributed by atoms with Gasteiger partial charge in [-0.3, -0.25) is 19.3 Å². The average molecular weight is 515 g/mol. The van der Waals surface area contributed by atoms with E-state index in [9.17, 15) is 27.6 Å². The van der Waals surface area contributed by atoms with Crippen molar-refractivity contribution >= 4 is 17.5 Å². The maximum atomic E-state index is 13.0. The van der Waals surface area contributed by atoms with E-state index in [-0.39, 0.29) is 43.3 Å². The van der Waals surface area contributed by atoms with E-state index >= 15 is 0 Å². The molecule has 0 N–H and O–H groups in total. The molecule has 1 saturated heterocycles. The normalized spacial score (nSPS) is 21.4. The number of hydrogen-bond donors (Lipinski definition) is 0. The Morgan fingerprint density at radius 2 is 1.62 bits per heavy atom. The average Bonchev–Trinajstić information content (AvgIpc) is 3.20. The lowest BCUT2D eigenvalue weighted by Crippen LogP contribution is -2.44. The largest absolute Gasteiger partial charge is 0.489 e. The fraction of sp³-hybridized carbons (Fsp3) is 0.464. The van der Waals surface area contributed by atoms with Crippen LogP contribution in [0.25, 0.3) is 0 Å². The van der Waals surface area contributed by atoms with Crippen LogP contribution in [0.2, 0.25) is 0 Å². The summed E-state index contributed by atoms with van der Waals surface area (Å²) in [4.78, 5) is 40.6. The van der Waals surface area contributed by atoms with Crippen LogP contribution in [-0.4, -0.2) is 52.6 Å². The number of carbonyl (C=O) groups excluding carboxylic acids is 3. The number of rotatable bonds is 6. The number of ether oxygens (including phenoxy) is 1. The standard InChI is InChI=1S/C28H29F3N2O4/c29-28(30,31)20-10-12-32(13-11-20)15-18-4-6-19(7-5-18)17-37-26-3-1-2-22-23(26)16-33(27(22)36)24-9-8-21(34)14-25(24)35/h1-7,20,24H,8-17H2/t24-/m0/s1. The summed E-state index contributed by atoms with van der Waals surface area (Å²) in [6.07, 6.45) is -3.27. The van der Waals surface area contributed by atoms with Gasteiger partial charge in [0.1, 0.15) is 18.1 Å². The van der Waals surface area contributed by atoms with Gasteiger partial charge in [-0.15, -0.1) is 0 Å². The zero-order valence-electron chi connectivity index (χ0n) is 20.4. The van der Waals surface area contributed by atoms with E-state index in [1.54, 1.807) is 23.1 Å². The van der Waals surface area contributed by atoms with Crippen LogP contribution in [0.5, 0.6) is 5.75 Å². The van der Waals surface area contributed by atoms with Gasteiger partial charge < -0.3 is 9.64 Å². The third-order valence-corrected chi connectivity index (χ3v) is 7.64. The summed E-state index contributed by atoms with van der Waals surface area (Å²) >= 11 is 0. The summed E-state index contributed by atoms with van der Waals surface area (Å²) in [6, 6.07) is 12.5. The van der Waals surface area contributed by atoms with Crippen molar-refractivity contribution < 1.29 is 32.3 Å². The lowest BCUT2D eigenvalue weighted by molar-refractivity contribution is -0.185. The highest BCUT2D eigenvalue weighted by molar-refractivity contribution is 6.07. The first-order valence-electron chi connectivity index (χ1n) is 12.7. The Labute approximate surface area is 213 Å². The predicted molar refractivity (Wildman–Crippen MR) is 129 cm³/mol. The Balaban J connectivity index is 1.17. The van der Waals surface area contributed by atoms with Gasteiger partial charge in [0.05, 0.1) is 24.9 Å². The number of fused-ring (bicyclic) bond motifs is 1. The SMILES string of the molecule is O=C1CC[C@H](N2Cc3c(OCc4ccc(CN5CCC(C(F)(F)F)CC5)cc4)cccc3C2=O)C(=O)C1. The van der Waals surface area contributed by atoms with Crippen LogP contribution in [0.3, 0.4) is 0 Å². The second-order valence-electron chi connectivity index (χ2n) is 10.1. The zero-order valence-corrected chi connectivity index (χ0v) is 20.4. The maximum absolute atomic E-state index is 13.0. The molecule has 2 aromatic carbocycles. The number of alkyl halides is 3. The molecule has 1 amide bonds. The molecule has 9 heteroatoms. The van der Waals surface area contributed by atoms with E-state index in [2.05, 4.69) is 4.90 Å². The fourth-order valence-electron chi connectivity index (χ4n) is 5.48. The first-order valence-corrected chi connectivity index (χ1v) is 12.7. The topological polar surface area (TPSA) is 66.9 Å². The van der Waals surface area contributed by atoms with E-state index in [1.807, 2.05) is 24.3 Å². The first kappa shape index (κ1) is 25.4. The third-order valence-electron chi connectivity index (χ3n) is 7.64. The van der Waals surface area contributed by atoms with Gasteiger partial charge in [-0.05, 0) is 55.6 Å². The molecule has 0 bridgehead atoms. The molecule has 2 aliphatic heterocycles. The number of ketones is 2. The molecular weight excluding hydrogens is 485 g/mol. The summed E-state index contributed by atoms with van der Waals surface area (Å²) in [5, 5.41) is 0. The van der Waals surface area contributed by atoms with Crippen LogP contribution in [0, 0.1) is 5.92 Å². The van der Waals surface area contributed by atoms with E-state index in [0.717, 1.165) is 16.7 Å². The molecule has 0 radical (unpaired) electrons. The van der Waals surface area contributed by atoms with Gasteiger partial charge in [0, 0.05) is 24.1 Å². The Hall–Kier alpha value is -3.20. The Bertz CT molecular complexity index is 1190. The van der Waals surface area contributed by atoms with Crippen molar-refractivity contribution in [2.24, 2.45) is 5.92 Å². The monoisotopic (exact) mass is 514 g/mol. The number of halogens is 3. The minimum atomic E-state index is -4.11. The van der Waals surface area contributed by atoms with E-state index in [4.69, 9.17) is 4.74 Å². The number of benzene rings is 2. The summed E-state index contributed by atoms with van der Waals surface area (Å²) in [5.41, 5.74) is 3.23. The number of amides is 1. The molecule has 1 aliphatic carbocycles. The molecule has 1 saturated carbocycles. The summed E-state index contributed by atoms with van der Waals surface area (Å²) in [6.45, 7) is 2.05. The van der Waals surface area contributed by atoms with Crippen molar-refractivity contribution in [1.82, 2.24) is 9.80 Å². The number of piperidine rings is 1. The van der Waals surface area contributed by atoms with Crippen LogP contribution in [0.1, 0.15) is 59.2 Å². The molecule has 2 aromatic rings. The van der Waals surface area contributed by atoms with E-state index < -0.39 is 18.1 Å². The molecular formula is C28H29F3N2O4. The number of carbonyl (C=O) groups is 3. The van der Waals surface area contributed by atoms with Crippen molar-refractivity contribution in [3.8, 4) is 5.75 Å². The summed E-state index contributed by atoms with van der Waals surface area (Å²) in [5.74, 6) is -1.10. The highest BCUT2D eigenvalue weighted by Crippen LogP contribution is 2.36. The van der Waals surface area contributed by atoms with Crippen LogP contribution in [-0.2, 0) is 29.3 Å². The lowest BCUT2D eigenvalue weighted by Gasteiger charge is -2.32. The van der Waals surface area contributed by atoms with Crippen molar-refractivity contribution in [1.29, 1.82) is 0 Å². The van der Waals surface area contributed by atoms with Crippen molar-refractivity contribution in [3.05, 3.63) is 64.7 Å². The van der Waals surface area contributed by atoms with Crippen molar-refractivity contribution in [2.45, 2.75) is 64.0 Å². The second kappa shape index (κ2) is 10.3. The summed E-state index contributed by atoms with van der Waals surface area (Å²) in [7, 11) is 0. The molecule has 2 fully saturated rings. The molecule has 1 atom stereocenters. The number of Topliss-reactive ketones (excluding diaryl/α,β-unsaturated/α-hetero) is 2. The molecule has 0 spiro atoms. The highest BCUT2D eigenvalue weighted by atomic mass is 19.4. The van der Waals surface area contributed by atoms with Crippen LogP contribution in [0.15, 0.2) is 42.5 Å². The van der Waals surface area contributed by atoms with Crippen LogP contribution < -0.4 is 4.74 Å². The lowest BCUT2D eigenvalue weighted by atomic mass is 9.92. The highest BCUT2D eigenvalue weighted by Gasteiger charge is 2.41. The van der Waals surface area contributed by atoms with E-state index in [1.165, 1.54) is 0 Å². The van der Waals surface area contributed by atoms with Crippen molar-refractivity contribution in [2.75, 3.05) is 13.1 Å². The van der Waals surface area contributed by atoms with Gasteiger partial charge in [-0.2, -0.15) is 13.2 Å². The molecule has 196 valence electrons. The molecule has 37 heavy (non-hydrogen) atoms. The van der Waals surface area contributed by atoms with E-state index in [0.29, 0.717) is 50.4 Å². The van der Waals surface area contributed by atoms with Crippen LogP contribution in [0.4, 0.5) is 13.2 Å². The third kappa shape index (κ3) is 5.56. The van der Waals surface area contributed by atoms with Crippen LogP contribution >= 0.6 is 0 Å². The Morgan fingerprint density at radius 3 is 2.30 bits per heavy atom. The zero-order chi connectivity index (χ0) is 26.2. The molecule has 3 aliphatic rings. The number of likely N-dealkylation sites (tertiary alicyclic amines) is 1. The quantitative estimate of drug-likeness (QED) is 0.524. The maximum Gasteiger partial charge on any atom is 0.391 e. The predicted octanol–water partition coefficient (Wildman–Crippen LogP) is 4.69. The fourth-order valence-corrected chi connectivity index (χ4v) is 5.48. The van der Waals surface area contributed by atoms with Gasteiger partial charge in [0.25, 0.3) is 5.91 Å². The van der Waals surface area contributed by atoms with Gasteiger partial charge in [-0.1, -0.05) is 30.3 Å². The molecule has 0 aromatic heterocycles.